The fourth-order valence-corrected chi connectivity index (χ4v) is 3.64. The molecule has 1 aliphatic heterocycles. The molecule has 36 heavy (non-hydrogen) atoms. The third-order valence-electron chi connectivity index (χ3n) is 5.05. The number of hydrogen-bond donors (Lipinski definition) is 0. The van der Waals surface area contributed by atoms with Crippen LogP contribution >= 0.6 is 0 Å². The van der Waals surface area contributed by atoms with Gasteiger partial charge in [0.2, 0.25) is 0 Å². The monoisotopic (exact) mass is 511 g/mol. The molecule has 3 heterocycles. The van der Waals surface area contributed by atoms with Crippen molar-refractivity contribution < 1.29 is 21.9 Å². The number of rotatable bonds is 9. The molecule has 0 unspecified atom stereocenters. The number of aliphatic imine (C=N–C) groups is 1. The molecule has 8 nitrogen and oxygen atoms in total. The molecule has 0 aromatic carbocycles. The summed E-state index contributed by atoms with van der Waals surface area (Å²) >= 11 is 0. The van der Waals surface area contributed by atoms with Gasteiger partial charge in [-0.2, -0.15) is 0 Å². The van der Waals surface area contributed by atoms with Gasteiger partial charge < -0.3 is 4.74 Å². The van der Waals surface area contributed by atoms with Crippen LogP contribution in [0.5, 0.6) is 0 Å². The molecule has 0 N–H and O–H groups in total. The van der Waals surface area contributed by atoms with E-state index in [9.17, 15) is 17.2 Å². The molecule has 3 rings (SSSR count). The second kappa shape index (κ2) is 11.5. The number of nitrogens with zero attached hydrogens (tertiary/aromatic N) is 5. The number of ether oxygens (including phenoxy) is 1. The van der Waals surface area contributed by atoms with Crippen LogP contribution < -0.4 is 0 Å². The lowest BCUT2D eigenvalue weighted by molar-refractivity contribution is 0.151. The van der Waals surface area contributed by atoms with Gasteiger partial charge in [0.1, 0.15) is 12.4 Å². The molecule has 0 bridgehead atoms. The van der Waals surface area contributed by atoms with Gasteiger partial charge in [-0.3, -0.25) is 9.99 Å². The molecule has 0 spiro atoms. The number of aromatic nitrogens is 2. The van der Waals surface area contributed by atoms with E-state index in [0.29, 0.717) is 34.0 Å². The van der Waals surface area contributed by atoms with E-state index in [0.717, 1.165) is 12.5 Å². The summed E-state index contributed by atoms with van der Waals surface area (Å²) in [5, 5.41) is 5.52. The van der Waals surface area contributed by atoms with Crippen molar-refractivity contribution in [2.75, 3.05) is 19.9 Å². The van der Waals surface area contributed by atoms with E-state index in [1.165, 1.54) is 29.4 Å². The van der Waals surface area contributed by atoms with Crippen molar-refractivity contribution >= 4 is 32.8 Å². The number of likely N-dealkylation sites (N-methyl/N-ethyl adjacent to an activating group) is 1. The third-order valence-corrected chi connectivity index (χ3v) is 6.05. The van der Waals surface area contributed by atoms with E-state index in [1.54, 1.807) is 38.3 Å². The average Bonchev–Trinajstić information content (AvgIpc) is 3.09. The molecule has 11 heteroatoms. The Bertz CT molecular complexity index is 1430. The molecule has 186 valence electrons. The lowest BCUT2D eigenvalue weighted by atomic mass is 10.1. The molecular weight excluding hydrogens is 488 g/mol. The minimum Gasteiger partial charge on any atom is -0.487 e. The summed E-state index contributed by atoms with van der Waals surface area (Å²) in [6, 6.07) is 5.85. The first-order valence-electron chi connectivity index (χ1n) is 10.5. The van der Waals surface area contributed by atoms with Gasteiger partial charge in [0.15, 0.2) is 14.9 Å². The standard InChI is InChI=1S/C25H23F2N5O3S/c1-5-31-32(3)23(17(2)21-9-6-19(15-29-21)25(26)27)16-35-20-8-10-22(28-13-12-20)18-7-11-24(30-14-18)36(4,33)34/h6-12,14-15,25H,1,16H2,2-4H3/b23-17+. The Balaban J connectivity index is 1.83. The van der Waals surface area contributed by atoms with Gasteiger partial charge >= 0.3 is 0 Å². The predicted molar refractivity (Wildman–Crippen MR) is 134 cm³/mol. The molecule has 0 saturated heterocycles. The number of halogens is 2. The quantitative estimate of drug-likeness (QED) is 0.365. The largest absolute Gasteiger partial charge is 0.487 e. The van der Waals surface area contributed by atoms with Crippen molar-refractivity contribution in [1.82, 2.24) is 15.0 Å². The highest BCUT2D eigenvalue weighted by molar-refractivity contribution is 7.90. The van der Waals surface area contributed by atoms with E-state index >= 15 is 0 Å². The van der Waals surface area contributed by atoms with Gasteiger partial charge in [-0.1, -0.05) is 0 Å². The average molecular weight is 512 g/mol. The van der Waals surface area contributed by atoms with E-state index in [1.807, 2.05) is 0 Å². The molecule has 0 aliphatic carbocycles. The Morgan fingerprint density at radius 2 is 2.00 bits per heavy atom. The van der Waals surface area contributed by atoms with Crippen LogP contribution in [0.15, 0.2) is 88.0 Å². The molecular formula is C25H23F2N5O3S. The Morgan fingerprint density at radius 1 is 1.22 bits per heavy atom. The smallest absolute Gasteiger partial charge is 0.265 e. The van der Waals surface area contributed by atoms with Crippen LogP contribution in [0.1, 0.15) is 30.2 Å². The maximum absolute atomic E-state index is 12.9. The summed E-state index contributed by atoms with van der Waals surface area (Å²) in [6.45, 7) is 5.32. The van der Waals surface area contributed by atoms with Gasteiger partial charge in [0.25, 0.3) is 6.43 Å². The van der Waals surface area contributed by atoms with Crippen LogP contribution in [0, 0.1) is 0 Å². The number of sulfone groups is 1. The zero-order valence-corrected chi connectivity index (χ0v) is 20.6. The van der Waals surface area contributed by atoms with Crippen LogP contribution in [-0.2, 0) is 14.6 Å². The predicted octanol–water partition coefficient (Wildman–Crippen LogP) is 4.43. The van der Waals surface area contributed by atoms with Crippen LogP contribution in [0.4, 0.5) is 8.78 Å². The Hall–Kier alpha value is -4.17. The van der Waals surface area contributed by atoms with E-state index in [-0.39, 0.29) is 17.2 Å². The number of allylic oxidation sites excluding steroid dienone is 4. The lowest BCUT2D eigenvalue weighted by Crippen LogP contribution is -2.17. The summed E-state index contributed by atoms with van der Waals surface area (Å²) < 4.78 is 54.9. The van der Waals surface area contributed by atoms with Gasteiger partial charge in [-0.15, -0.1) is 5.10 Å². The highest BCUT2D eigenvalue weighted by atomic mass is 32.2. The highest BCUT2D eigenvalue weighted by Crippen LogP contribution is 2.24. The van der Waals surface area contributed by atoms with Gasteiger partial charge in [-0.05, 0) is 61.4 Å². The van der Waals surface area contributed by atoms with Crippen LogP contribution in [0.25, 0.3) is 11.3 Å². The SMILES string of the molecule is C=C=NN(C)/C(COC1=CC=C(c2ccc(S(C)(=O)=O)nc2)N=C=C1)=C(\C)c1ccc(C(F)F)cn1. The summed E-state index contributed by atoms with van der Waals surface area (Å²) in [5.74, 6) is 5.67. The van der Waals surface area contributed by atoms with Crippen LogP contribution in [-0.4, -0.2) is 55.0 Å². The van der Waals surface area contributed by atoms with Crippen molar-refractivity contribution in [3.05, 3.63) is 89.7 Å². The maximum Gasteiger partial charge on any atom is 0.265 e. The van der Waals surface area contributed by atoms with Gasteiger partial charge in [0.05, 0.1) is 17.1 Å². The summed E-state index contributed by atoms with van der Waals surface area (Å²) in [5.41, 5.74) is 2.71. The third kappa shape index (κ3) is 6.70. The molecule has 2 aromatic rings. The van der Waals surface area contributed by atoms with Crippen LogP contribution in [0.3, 0.4) is 0 Å². The first-order chi connectivity index (χ1) is 17.1. The van der Waals surface area contributed by atoms with Gasteiger partial charge in [-0.25, -0.2) is 27.2 Å². The zero-order valence-electron chi connectivity index (χ0n) is 19.8. The van der Waals surface area contributed by atoms with Crippen LogP contribution in [0.2, 0.25) is 0 Å². The fourth-order valence-electron chi connectivity index (χ4n) is 3.08. The molecule has 0 atom stereocenters. The number of alkyl halides is 2. The minimum atomic E-state index is -3.40. The van der Waals surface area contributed by atoms with Crippen molar-refractivity contribution in [3.8, 4) is 0 Å². The van der Waals surface area contributed by atoms with Crippen molar-refractivity contribution in [2.24, 2.45) is 10.1 Å². The molecule has 0 fully saturated rings. The number of pyridine rings is 2. The normalized spacial score (nSPS) is 13.8. The Kier molecular flexibility index (Phi) is 8.45. The molecule has 0 radical (unpaired) electrons. The topological polar surface area (TPSA) is 97.1 Å². The number of hydrogen-bond acceptors (Lipinski definition) is 8. The second-order valence-corrected chi connectivity index (χ2v) is 9.55. The highest BCUT2D eigenvalue weighted by Gasteiger charge is 2.15. The summed E-state index contributed by atoms with van der Waals surface area (Å²) in [4.78, 5) is 12.3. The van der Waals surface area contributed by atoms with Crippen molar-refractivity contribution in [3.63, 3.8) is 0 Å². The molecule has 1 aliphatic rings. The van der Waals surface area contributed by atoms with Crippen molar-refractivity contribution in [1.29, 1.82) is 0 Å². The fraction of sp³-hybridized carbons (Fsp3) is 0.200. The lowest BCUT2D eigenvalue weighted by Gasteiger charge is -2.20. The zero-order chi connectivity index (χ0) is 26.3. The Morgan fingerprint density at radius 3 is 2.58 bits per heavy atom. The number of hydrazone groups is 1. The summed E-state index contributed by atoms with van der Waals surface area (Å²) in [6.07, 6.45) is 5.96. The van der Waals surface area contributed by atoms with Gasteiger partial charge in [0, 0.05) is 48.8 Å². The van der Waals surface area contributed by atoms with E-state index < -0.39 is 16.3 Å². The first kappa shape index (κ1) is 26.4. The molecule has 0 amide bonds. The second-order valence-electron chi connectivity index (χ2n) is 7.58. The Labute approximate surface area is 208 Å². The first-order valence-corrected chi connectivity index (χ1v) is 12.4. The molecule has 0 saturated carbocycles. The minimum absolute atomic E-state index is 0.0288. The molecule has 2 aromatic heterocycles. The van der Waals surface area contributed by atoms with Crippen molar-refractivity contribution in [2.45, 2.75) is 18.4 Å². The summed E-state index contributed by atoms with van der Waals surface area (Å²) in [7, 11) is -1.73. The van der Waals surface area contributed by atoms with E-state index in [4.69, 9.17) is 4.74 Å². The maximum atomic E-state index is 12.9. The van der Waals surface area contributed by atoms with E-state index in [2.05, 4.69) is 38.4 Å².